The number of ether oxygens (including phenoxy) is 2. The molecule has 3 aromatic rings. The van der Waals surface area contributed by atoms with E-state index in [0.29, 0.717) is 23.7 Å². The van der Waals surface area contributed by atoms with Crippen LogP contribution in [0.3, 0.4) is 0 Å². The van der Waals surface area contributed by atoms with Gasteiger partial charge in [-0.3, -0.25) is 4.79 Å². The average molecular weight is 349 g/mol. The van der Waals surface area contributed by atoms with Crippen molar-refractivity contribution in [3.63, 3.8) is 0 Å². The van der Waals surface area contributed by atoms with Gasteiger partial charge in [-0.25, -0.2) is 0 Å². The third-order valence-electron chi connectivity index (χ3n) is 4.35. The maximum absolute atomic E-state index is 12.6. The number of hydrogen-bond donors (Lipinski definition) is 1. The predicted molar refractivity (Wildman–Crippen MR) is 104 cm³/mol. The van der Waals surface area contributed by atoms with Crippen molar-refractivity contribution < 1.29 is 14.3 Å². The van der Waals surface area contributed by atoms with Gasteiger partial charge in [0.1, 0.15) is 0 Å². The van der Waals surface area contributed by atoms with Crippen LogP contribution in [-0.2, 0) is 0 Å². The maximum Gasteiger partial charge on any atom is 0.251 e. The molecule has 134 valence electrons. The lowest BCUT2D eigenvalue weighted by atomic mass is 10.0. The van der Waals surface area contributed by atoms with E-state index in [2.05, 4.69) is 29.6 Å². The quantitative estimate of drug-likeness (QED) is 0.699. The molecule has 0 unspecified atom stereocenters. The minimum atomic E-state index is -0.146. The third kappa shape index (κ3) is 3.80. The zero-order chi connectivity index (χ0) is 18.5. The van der Waals surface area contributed by atoms with Crippen molar-refractivity contribution in [1.29, 1.82) is 0 Å². The summed E-state index contributed by atoms with van der Waals surface area (Å²) >= 11 is 0. The van der Waals surface area contributed by atoms with Crippen LogP contribution in [-0.4, -0.2) is 19.6 Å². The molecule has 0 spiro atoms. The van der Waals surface area contributed by atoms with E-state index in [1.165, 1.54) is 5.39 Å². The van der Waals surface area contributed by atoms with Crippen LogP contribution in [0.4, 0.5) is 0 Å². The molecule has 1 atom stereocenters. The van der Waals surface area contributed by atoms with E-state index in [-0.39, 0.29) is 11.9 Å². The molecule has 0 aliphatic heterocycles. The molecule has 0 aromatic heterocycles. The molecular weight excluding hydrogens is 326 g/mol. The Hall–Kier alpha value is -3.01. The molecule has 4 heteroatoms. The van der Waals surface area contributed by atoms with Crippen molar-refractivity contribution in [3.8, 4) is 11.5 Å². The molecule has 26 heavy (non-hydrogen) atoms. The van der Waals surface area contributed by atoms with Crippen molar-refractivity contribution in [2.45, 2.75) is 19.9 Å². The molecule has 3 rings (SSSR count). The van der Waals surface area contributed by atoms with Gasteiger partial charge in [0.25, 0.3) is 5.91 Å². The molecule has 0 radical (unpaired) electrons. The molecule has 3 aromatic carbocycles. The highest BCUT2D eigenvalue weighted by Gasteiger charge is 2.14. The van der Waals surface area contributed by atoms with Gasteiger partial charge in [-0.2, -0.15) is 0 Å². The molecule has 0 aliphatic rings. The van der Waals surface area contributed by atoms with Crippen LogP contribution in [0.2, 0.25) is 0 Å². The van der Waals surface area contributed by atoms with Gasteiger partial charge in [0.05, 0.1) is 19.8 Å². The second-order valence-electron chi connectivity index (χ2n) is 6.10. The van der Waals surface area contributed by atoms with Crippen LogP contribution in [0.1, 0.15) is 35.8 Å². The molecule has 0 aliphatic carbocycles. The maximum atomic E-state index is 12.6. The summed E-state index contributed by atoms with van der Waals surface area (Å²) in [5.41, 5.74) is 1.60. The lowest BCUT2D eigenvalue weighted by Gasteiger charge is -2.16. The fraction of sp³-hybridized carbons (Fsp3) is 0.227. The Morgan fingerprint density at radius 3 is 2.50 bits per heavy atom. The minimum absolute atomic E-state index is 0.107. The largest absolute Gasteiger partial charge is 0.493 e. The van der Waals surface area contributed by atoms with Gasteiger partial charge in [-0.1, -0.05) is 36.4 Å². The summed E-state index contributed by atoms with van der Waals surface area (Å²) in [7, 11) is 1.57. The standard InChI is InChI=1S/C22H23NO3/c1-4-26-20-12-11-19(14-21(20)25-3)22(24)23-15(2)17-10-9-16-7-5-6-8-18(16)13-17/h5-15H,4H2,1-3H3,(H,23,24)/t15-/m1/s1. The van der Waals surface area contributed by atoms with Crippen molar-refractivity contribution in [2.24, 2.45) is 0 Å². The zero-order valence-electron chi connectivity index (χ0n) is 15.3. The highest BCUT2D eigenvalue weighted by molar-refractivity contribution is 5.95. The second-order valence-corrected chi connectivity index (χ2v) is 6.10. The van der Waals surface area contributed by atoms with Gasteiger partial charge in [0, 0.05) is 5.56 Å². The van der Waals surface area contributed by atoms with E-state index < -0.39 is 0 Å². The zero-order valence-corrected chi connectivity index (χ0v) is 15.3. The Morgan fingerprint density at radius 1 is 1.00 bits per heavy atom. The van der Waals surface area contributed by atoms with Gasteiger partial charge in [-0.05, 0) is 54.4 Å². The normalized spacial score (nSPS) is 11.8. The van der Waals surface area contributed by atoms with Crippen molar-refractivity contribution in [1.82, 2.24) is 5.32 Å². The highest BCUT2D eigenvalue weighted by Crippen LogP contribution is 2.28. The number of rotatable bonds is 6. The van der Waals surface area contributed by atoms with Crippen LogP contribution in [0.25, 0.3) is 10.8 Å². The molecule has 1 amide bonds. The third-order valence-corrected chi connectivity index (χ3v) is 4.35. The Balaban J connectivity index is 1.77. The summed E-state index contributed by atoms with van der Waals surface area (Å²) in [4.78, 5) is 12.6. The molecule has 4 nitrogen and oxygen atoms in total. The molecular formula is C22H23NO3. The number of nitrogens with one attached hydrogen (secondary N) is 1. The molecule has 1 N–H and O–H groups in total. The topological polar surface area (TPSA) is 47.6 Å². The Morgan fingerprint density at radius 2 is 1.77 bits per heavy atom. The molecule has 0 heterocycles. The average Bonchev–Trinajstić information content (AvgIpc) is 2.68. The van der Waals surface area contributed by atoms with Crippen LogP contribution in [0.15, 0.2) is 60.7 Å². The lowest BCUT2D eigenvalue weighted by molar-refractivity contribution is 0.0939. The first-order chi connectivity index (χ1) is 12.6. The lowest BCUT2D eigenvalue weighted by Crippen LogP contribution is -2.26. The first-order valence-electron chi connectivity index (χ1n) is 8.72. The number of benzene rings is 3. The monoisotopic (exact) mass is 349 g/mol. The number of carbonyl (C=O) groups excluding carboxylic acids is 1. The van der Waals surface area contributed by atoms with Crippen molar-refractivity contribution >= 4 is 16.7 Å². The molecule has 0 saturated heterocycles. The number of hydrogen-bond acceptors (Lipinski definition) is 3. The summed E-state index contributed by atoms with van der Waals surface area (Å²) in [6, 6.07) is 19.5. The van der Waals surface area contributed by atoms with Gasteiger partial charge >= 0.3 is 0 Å². The minimum Gasteiger partial charge on any atom is -0.493 e. The number of amides is 1. The van der Waals surface area contributed by atoms with Gasteiger partial charge < -0.3 is 14.8 Å². The first kappa shape index (κ1) is 17.8. The van der Waals surface area contributed by atoms with E-state index in [1.807, 2.05) is 32.0 Å². The molecule has 0 bridgehead atoms. The Kier molecular flexibility index (Phi) is 5.42. The highest BCUT2D eigenvalue weighted by atomic mass is 16.5. The predicted octanol–water partition coefficient (Wildman–Crippen LogP) is 4.74. The van der Waals surface area contributed by atoms with E-state index >= 15 is 0 Å². The summed E-state index contributed by atoms with van der Waals surface area (Å²) in [6.45, 7) is 4.43. The van der Waals surface area contributed by atoms with Gasteiger partial charge in [0.15, 0.2) is 11.5 Å². The van der Waals surface area contributed by atoms with Crippen molar-refractivity contribution in [3.05, 3.63) is 71.8 Å². The fourth-order valence-corrected chi connectivity index (χ4v) is 2.92. The summed E-state index contributed by atoms with van der Waals surface area (Å²) < 4.78 is 10.8. The van der Waals surface area contributed by atoms with Gasteiger partial charge in [-0.15, -0.1) is 0 Å². The Bertz CT molecular complexity index is 920. The first-order valence-corrected chi connectivity index (χ1v) is 8.72. The van der Waals surface area contributed by atoms with Crippen LogP contribution in [0.5, 0.6) is 11.5 Å². The second kappa shape index (κ2) is 7.91. The summed E-state index contributed by atoms with van der Waals surface area (Å²) in [5, 5.41) is 5.39. The van der Waals surface area contributed by atoms with Crippen molar-refractivity contribution in [2.75, 3.05) is 13.7 Å². The summed E-state index contributed by atoms with van der Waals surface area (Å²) in [5.74, 6) is 1.04. The number of methoxy groups -OCH3 is 1. The van der Waals surface area contributed by atoms with E-state index in [1.54, 1.807) is 25.3 Å². The summed E-state index contributed by atoms with van der Waals surface area (Å²) in [6.07, 6.45) is 0. The smallest absolute Gasteiger partial charge is 0.251 e. The van der Waals surface area contributed by atoms with Crippen LogP contribution < -0.4 is 14.8 Å². The van der Waals surface area contributed by atoms with Crippen LogP contribution >= 0.6 is 0 Å². The number of carbonyl (C=O) groups is 1. The molecule has 0 fully saturated rings. The van der Waals surface area contributed by atoms with Crippen LogP contribution in [0, 0.1) is 0 Å². The fourth-order valence-electron chi connectivity index (χ4n) is 2.92. The SMILES string of the molecule is CCOc1ccc(C(=O)N[C@H](C)c2ccc3ccccc3c2)cc1OC. The number of fused-ring (bicyclic) bond motifs is 1. The van der Waals surface area contributed by atoms with E-state index in [4.69, 9.17) is 9.47 Å². The Labute approximate surface area is 153 Å². The molecule has 0 saturated carbocycles. The van der Waals surface area contributed by atoms with E-state index in [0.717, 1.165) is 10.9 Å². The van der Waals surface area contributed by atoms with Gasteiger partial charge in [0.2, 0.25) is 0 Å². The van der Waals surface area contributed by atoms with E-state index in [9.17, 15) is 4.79 Å².